The Morgan fingerprint density at radius 2 is 1.91 bits per heavy atom. The van der Waals surface area contributed by atoms with Gasteiger partial charge in [0.15, 0.2) is 0 Å². The van der Waals surface area contributed by atoms with Crippen molar-refractivity contribution in [1.29, 1.82) is 0 Å². The smallest absolute Gasteiger partial charge is 0.230 e. The number of aromatic nitrogens is 1. The van der Waals surface area contributed by atoms with Crippen molar-refractivity contribution in [3.8, 4) is 0 Å². The summed E-state index contributed by atoms with van der Waals surface area (Å²) in [6.45, 7) is 0. The third-order valence-electron chi connectivity index (χ3n) is 5.53. The molecule has 0 bridgehead atoms. The molecule has 23 heavy (non-hydrogen) atoms. The number of benzene rings is 1. The van der Waals surface area contributed by atoms with Gasteiger partial charge < -0.3 is 10.3 Å². The Hall–Kier alpha value is -1.84. The van der Waals surface area contributed by atoms with Gasteiger partial charge in [-0.25, -0.2) is 4.39 Å². The number of hydrogen-bond acceptors (Lipinski definition) is 1. The monoisotopic (exact) mass is 314 g/mol. The molecule has 2 aliphatic carbocycles. The van der Waals surface area contributed by atoms with Crippen LogP contribution < -0.4 is 5.32 Å². The number of fused-ring (bicyclic) bond motifs is 1. The van der Waals surface area contributed by atoms with Crippen LogP contribution in [0, 0.1) is 5.82 Å². The van der Waals surface area contributed by atoms with Crippen LogP contribution in [0.4, 0.5) is 4.39 Å². The molecule has 1 heterocycles. The Balaban J connectivity index is 1.59. The zero-order chi connectivity index (χ0) is 15.9. The molecular formula is C19H23FN2O. The second-order valence-corrected chi connectivity index (χ2v) is 7.14. The Labute approximate surface area is 135 Å². The molecule has 2 saturated carbocycles. The molecule has 0 spiro atoms. The maximum absolute atomic E-state index is 13.6. The van der Waals surface area contributed by atoms with Crippen molar-refractivity contribution < 1.29 is 9.18 Å². The van der Waals surface area contributed by atoms with Crippen molar-refractivity contribution in [3.63, 3.8) is 0 Å². The first-order valence-electron chi connectivity index (χ1n) is 8.77. The van der Waals surface area contributed by atoms with Crippen molar-refractivity contribution in [1.82, 2.24) is 10.3 Å². The first-order valence-corrected chi connectivity index (χ1v) is 8.77. The lowest BCUT2D eigenvalue weighted by Gasteiger charge is -2.21. The summed E-state index contributed by atoms with van der Waals surface area (Å²) in [4.78, 5) is 16.1. The first kappa shape index (κ1) is 14.7. The second kappa shape index (κ2) is 5.66. The van der Waals surface area contributed by atoms with Gasteiger partial charge in [0.2, 0.25) is 5.91 Å². The molecule has 4 heteroatoms. The average molecular weight is 314 g/mol. The molecule has 122 valence electrons. The Morgan fingerprint density at radius 3 is 2.61 bits per heavy atom. The summed E-state index contributed by atoms with van der Waals surface area (Å²) in [5.41, 5.74) is 1.41. The average Bonchev–Trinajstić information content (AvgIpc) is 3.29. The zero-order valence-corrected chi connectivity index (χ0v) is 13.3. The molecular weight excluding hydrogens is 291 g/mol. The summed E-state index contributed by atoms with van der Waals surface area (Å²) >= 11 is 0. The fraction of sp³-hybridized carbons (Fsp3) is 0.526. The van der Waals surface area contributed by atoms with Gasteiger partial charge >= 0.3 is 0 Å². The lowest BCUT2D eigenvalue weighted by Crippen LogP contribution is -2.41. The van der Waals surface area contributed by atoms with Crippen LogP contribution in [-0.4, -0.2) is 16.9 Å². The van der Waals surface area contributed by atoms with Gasteiger partial charge in [-0.2, -0.15) is 0 Å². The van der Waals surface area contributed by atoms with Gasteiger partial charge in [-0.1, -0.05) is 25.7 Å². The van der Waals surface area contributed by atoms with Gasteiger partial charge in [0, 0.05) is 23.1 Å². The van der Waals surface area contributed by atoms with Crippen LogP contribution in [-0.2, 0) is 10.2 Å². The number of nitrogens with one attached hydrogen (secondary N) is 2. The van der Waals surface area contributed by atoms with Crippen LogP contribution in [0.5, 0.6) is 0 Å². The summed E-state index contributed by atoms with van der Waals surface area (Å²) in [7, 11) is 0. The van der Waals surface area contributed by atoms with E-state index in [4.69, 9.17) is 0 Å². The van der Waals surface area contributed by atoms with E-state index in [2.05, 4.69) is 10.3 Å². The molecule has 3 nitrogen and oxygen atoms in total. The van der Waals surface area contributed by atoms with Gasteiger partial charge in [0.1, 0.15) is 5.82 Å². The molecule has 1 aromatic carbocycles. The molecule has 0 atom stereocenters. The maximum atomic E-state index is 13.6. The number of aromatic amines is 1. The zero-order valence-electron chi connectivity index (χ0n) is 13.3. The maximum Gasteiger partial charge on any atom is 0.230 e. The minimum absolute atomic E-state index is 0.134. The van der Waals surface area contributed by atoms with E-state index in [1.54, 1.807) is 12.1 Å². The highest BCUT2D eigenvalue weighted by atomic mass is 19.1. The van der Waals surface area contributed by atoms with E-state index >= 15 is 0 Å². The summed E-state index contributed by atoms with van der Waals surface area (Å²) in [5.74, 6) is -0.118. The highest BCUT2D eigenvalue weighted by Gasteiger charge is 2.52. The molecule has 0 unspecified atom stereocenters. The van der Waals surface area contributed by atoms with E-state index in [0.717, 1.165) is 42.1 Å². The summed E-state index contributed by atoms with van der Waals surface area (Å²) in [6.07, 6.45) is 10.7. The van der Waals surface area contributed by atoms with Gasteiger partial charge in [-0.15, -0.1) is 0 Å². The number of carbonyl (C=O) groups excluding carboxylic acids is 1. The summed E-state index contributed by atoms with van der Waals surface area (Å²) in [5, 5.41) is 4.13. The standard InChI is InChI=1S/C19H23FN2O/c20-13-7-8-17-15(11-13)16(12-21-17)19(9-10-19)18(23)22-14-5-3-1-2-4-6-14/h7-8,11-12,14,21H,1-6,9-10H2,(H,22,23). The summed E-state index contributed by atoms with van der Waals surface area (Å²) in [6, 6.07) is 5.05. The molecule has 2 fully saturated rings. The van der Waals surface area contributed by atoms with Crippen molar-refractivity contribution in [2.24, 2.45) is 0 Å². The fourth-order valence-electron chi connectivity index (χ4n) is 3.98. The van der Waals surface area contributed by atoms with Crippen molar-refractivity contribution in [3.05, 3.63) is 35.8 Å². The Morgan fingerprint density at radius 1 is 1.17 bits per heavy atom. The molecule has 2 aromatic rings. The third kappa shape index (κ3) is 2.64. The fourth-order valence-corrected chi connectivity index (χ4v) is 3.98. The molecule has 2 N–H and O–H groups in total. The molecule has 1 aromatic heterocycles. The van der Waals surface area contributed by atoms with Crippen molar-refractivity contribution in [2.75, 3.05) is 0 Å². The van der Waals surface area contributed by atoms with Crippen molar-refractivity contribution >= 4 is 16.8 Å². The number of carbonyl (C=O) groups is 1. The predicted molar refractivity (Wildman–Crippen MR) is 88.8 cm³/mol. The molecule has 4 rings (SSSR count). The number of rotatable bonds is 3. The lowest BCUT2D eigenvalue weighted by molar-refractivity contribution is -0.124. The topological polar surface area (TPSA) is 44.9 Å². The number of hydrogen-bond donors (Lipinski definition) is 2. The SMILES string of the molecule is O=C(NC1CCCCCC1)C1(c2c[nH]c3ccc(F)cc23)CC1. The Bertz CT molecular complexity index is 724. The van der Waals surface area contributed by atoms with Crippen LogP contribution in [0.2, 0.25) is 0 Å². The van der Waals surface area contributed by atoms with E-state index < -0.39 is 5.41 Å². The van der Waals surface area contributed by atoms with Gasteiger partial charge in [-0.3, -0.25) is 4.79 Å². The minimum Gasteiger partial charge on any atom is -0.361 e. The minimum atomic E-state index is -0.446. The van der Waals surface area contributed by atoms with E-state index in [-0.39, 0.29) is 11.7 Å². The van der Waals surface area contributed by atoms with E-state index in [1.165, 1.54) is 31.7 Å². The molecule has 0 aliphatic heterocycles. The van der Waals surface area contributed by atoms with Gasteiger partial charge in [0.25, 0.3) is 0 Å². The number of halogens is 1. The van der Waals surface area contributed by atoms with Crippen LogP contribution in [0.3, 0.4) is 0 Å². The van der Waals surface area contributed by atoms with Gasteiger partial charge in [0.05, 0.1) is 5.41 Å². The molecule has 2 aliphatic rings. The third-order valence-corrected chi connectivity index (χ3v) is 5.53. The molecule has 0 radical (unpaired) electrons. The molecule has 1 amide bonds. The predicted octanol–water partition coefficient (Wildman–Crippen LogP) is 4.18. The second-order valence-electron chi connectivity index (χ2n) is 7.14. The lowest BCUT2D eigenvalue weighted by atomic mass is 9.93. The van der Waals surface area contributed by atoms with E-state index in [9.17, 15) is 9.18 Å². The van der Waals surface area contributed by atoms with E-state index in [1.807, 2.05) is 6.20 Å². The normalized spacial score (nSPS) is 21.1. The quantitative estimate of drug-likeness (QED) is 0.820. The highest BCUT2D eigenvalue weighted by Crippen LogP contribution is 2.50. The van der Waals surface area contributed by atoms with Crippen molar-refractivity contribution in [2.45, 2.75) is 62.8 Å². The van der Waals surface area contributed by atoms with Crippen LogP contribution in [0.25, 0.3) is 10.9 Å². The highest BCUT2D eigenvalue weighted by molar-refractivity contribution is 5.97. The largest absolute Gasteiger partial charge is 0.361 e. The van der Waals surface area contributed by atoms with E-state index in [0.29, 0.717) is 6.04 Å². The number of amides is 1. The summed E-state index contributed by atoms with van der Waals surface area (Å²) < 4.78 is 13.6. The van der Waals surface area contributed by atoms with Crippen LogP contribution in [0.1, 0.15) is 56.9 Å². The number of H-pyrrole nitrogens is 1. The Kier molecular flexibility index (Phi) is 3.63. The first-order chi connectivity index (χ1) is 11.2. The van der Waals surface area contributed by atoms with Gasteiger partial charge in [-0.05, 0) is 49.4 Å². The molecule has 0 saturated heterocycles. The van der Waals surface area contributed by atoms with Crippen LogP contribution >= 0.6 is 0 Å². The van der Waals surface area contributed by atoms with Crippen LogP contribution in [0.15, 0.2) is 24.4 Å².